The third kappa shape index (κ3) is 3.68. The molecular formula is C22H23FN4O. The number of halogens is 1. The molecule has 0 aliphatic carbocycles. The van der Waals surface area contributed by atoms with E-state index in [1.165, 1.54) is 12.1 Å². The monoisotopic (exact) mass is 378 g/mol. The number of amides is 1. The van der Waals surface area contributed by atoms with E-state index in [-0.39, 0.29) is 11.7 Å². The largest absolute Gasteiger partial charge is 0.354 e. The molecule has 1 aliphatic heterocycles. The summed E-state index contributed by atoms with van der Waals surface area (Å²) in [4.78, 5) is 22.2. The van der Waals surface area contributed by atoms with Crippen LogP contribution in [-0.4, -0.2) is 48.5 Å². The molecule has 4 rings (SSSR count). The highest BCUT2D eigenvalue weighted by molar-refractivity contribution is 6.14. The van der Waals surface area contributed by atoms with Crippen molar-refractivity contribution in [2.45, 2.75) is 6.92 Å². The molecule has 0 radical (unpaired) electrons. The summed E-state index contributed by atoms with van der Waals surface area (Å²) in [6.45, 7) is 7.11. The van der Waals surface area contributed by atoms with Crippen LogP contribution in [0, 0.1) is 5.82 Å². The molecule has 1 aromatic heterocycles. The second-order valence-corrected chi connectivity index (χ2v) is 6.92. The van der Waals surface area contributed by atoms with Gasteiger partial charge in [0.1, 0.15) is 11.6 Å². The fourth-order valence-electron chi connectivity index (χ4n) is 3.62. The van der Waals surface area contributed by atoms with Crippen molar-refractivity contribution in [2.75, 3.05) is 42.9 Å². The standard InChI is InChI=1S/C22H23FN4O/c1-2-26-11-13-27(14-12-26)21-19-6-4-3-5-18(19)20(15-24-21)22(28)25-17-9-7-16(23)8-10-17/h3-10,15H,2,11-14H2,1H3,(H,25,28). The maximum atomic E-state index is 13.1. The molecule has 2 heterocycles. The van der Waals surface area contributed by atoms with Crippen LogP contribution in [0.15, 0.2) is 54.7 Å². The van der Waals surface area contributed by atoms with Gasteiger partial charge < -0.3 is 15.1 Å². The molecule has 28 heavy (non-hydrogen) atoms. The van der Waals surface area contributed by atoms with Gasteiger partial charge in [-0.3, -0.25) is 4.79 Å². The van der Waals surface area contributed by atoms with Crippen LogP contribution in [0.2, 0.25) is 0 Å². The highest BCUT2D eigenvalue weighted by Gasteiger charge is 2.21. The van der Waals surface area contributed by atoms with E-state index in [9.17, 15) is 9.18 Å². The Morgan fingerprint density at radius 2 is 1.71 bits per heavy atom. The van der Waals surface area contributed by atoms with Crippen LogP contribution in [-0.2, 0) is 0 Å². The van der Waals surface area contributed by atoms with Crippen molar-refractivity contribution in [2.24, 2.45) is 0 Å². The lowest BCUT2D eigenvalue weighted by Crippen LogP contribution is -2.46. The molecule has 1 saturated heterocycles. The summed E-state index contributed by atoms with van der Waals surface area (Å²) >= 11 is 0. The van der Waals surface area contributed by atoms with Gasteiger partial charge in [0.25, 0.3) is 5.91 Å². The SMILES string of the molecule is CCN1CCN(c2ncc(C(=O)Nc3ccc(F)cc3)c3ccccc23)CC1. The Morgan fingerprint density at radius 1 is 1.04 bits per heavy atom. The molecule has 2 aromatic carbocycles. The number of nitrogens with zero attached hydrogens (tertiary/aromatic N) is 3. The second kappa shape index (κ2) is 7.94. The summed E-state index contributed by atoms with van der Waals surface area (Å²) < 4.78 is 13.1. The number of anilines is 2. The molecule has 1 amide bonds. The summed E-state index contributed by atoms with van der Waals surface area (Å²) in [7, 11) is 0. The number of pyridine rings is 1. The smallest absolute Gasteiger partial charge is 0.257 e. The van der Waals surface area contributed by atoms with Crippen LogP contribution in [0.4, 0.5) is 15.9 Å². The summed E-state index contributed by atoms with van der Waals surface area (Å²) in [5.74, 6) is 0.333. The van der Waals surface area contributed by atoms with E-state index < -0.39 is 0 Å². The predicted octanol–water partition coefficient (Wildman–Crippen LogP) is 3.77. The van der Waals surface area contributed by atoms with E-state index in [1.807, 2.05) is 24.3 Å². The van der Waals surface area contributed by atoms with E-state index in [0.29, 0.717) is 11.3 Å². The minimum absolute atomic E-state index is 0.252. The highest BCUT2D eigenvalue weighted by Crippen LogP contribution is 2.28. The molecular weight excluding hydrogens is 355 g/mol. The third-order valence-corrected chi connectivity index (χ3v) is 5.24. The number of fused-ring (bicyclic) bond motifs is 1. The number of rotatable bonds is 4. The average Bonchev–Trinajstić information content (AvgIpc) is 2.74. The summed E-state index contributed by atoms with van der Waals surface area (Å²) in [5.41, 5.74) is 1.06. The van der Waals surface area contributed by atoms with Crippen molar-refractivity contribution in [1.29, 1.82) is 0 Å². The second-order valence-electron chi connectivity index (χ2n) is 6.92. The maximum absolute atomic E-state index is 13.1. The van der Waals surface area contributed by atoms with Gasteiger partial charge in [-0.05, 0) is 36.2 Å². The van der Waals surface area contributed by atoms with Gasteiger partial charge >= 0.3 is 0 Å². The van der Waals surface area contributed by atoms with Crippen LogP contribution < -0.4 is 10.2 Å². The van der Waals surface area contributed by atoms with E-state index >= 15 is 0 Å². The normalized spacial score (nSPS) is 15.0. The molecule has 0 spiro atoms. The molecule has 1 N–H and O–H groups in total. The number of piperazine rings is 1. The van der Waals surface area contributed by atoms with Gasteiger partial charge in [0, 0.05) is 43.4 Å². The Hall–Kier alpha value is -2.99. The van der Waals surface area contributed by atoms with Crippen molar-refractivity contribution in [3.05, 3.63) is 66.1 Å². The zero-order chi connectivity index (χ0) is 19.5. The summed E-state index contributed by atoms with van der Waals surface area (Å²) in [6.07, 6.45) is 1.64. The van der Waals surface area contributed by atoms with Crippen LogP contribution in [0.3, 0.4) is 0 Å². The molecule has 1 fully saturated rings. The van der Waals surface area contributed by atoms with Gasteiger partial charge in [0.2, 0.25) is 0 Å². The first-order chi connectivity index (χ1) is 13.7. The molecule has 0 unspecified atom stereocenters. The summed E-state index contributed by atoms with van der Waals surface area (Å²) in [6, 6.07) is 13.6. The molecule has 1 aliphatic rings. The maximum Gasteiger partial charge on any atom is 0.257 e. The number of likely N-dealkylation sites (N-methyl/N-ethyl adjacent to an activating group) is 1. The Labute approximate surface area is 163 Å². The van der Waals surface area contributed by atoms with Crippen molar-refractivity contribution in [1.82, 2.24) is 9.88 Å². The van der Waals surface area contributed by atoms with Gasteiger partial charge in [-0.25, -0.2) is 9.37 Å². The van der Waals surface area contributed by atoms with E-state index in [1.54, 1.807) is 18.3 Å². The van der Waals surface area contributed by atoms with E-state index in [4.69, 9.17) is 0 Å². The predicted molar refractivity (Wildman–Crippen MR) is 110 cm³/mol. The van der Waals surface area contributed by atoms with Gasteiger partial charge in [-0.1, -0.05) is 31.2 Å². The fourth-order valence-corrected chi connectivity index (χ4v) is 3.62. The summed E-state index contributed by atoms with van der Waals surface area (Å²) in [5, 5.41) is 4.66. The van der Waals surface area contributed by atoms with Crippen LogP contribution in [0.25, 0.3) is 10.8 Å². The molecule has 6 heteroatoms. The first kappa shape index (κ1) is 18.4. The average molecular weight is 378 g/mol. The quantitative estimate of drug-likeness (QED) is 0.751. The minimum atomic E-state index is -0.336. The first-order valence-electron chi connectivity index (χ1n) is 9.57. The first-order valence-corrected chi connectivity index (χ1v) is 9.57. The number of aromatic nitrogens is 1. The lowest BCUT2D eigenvalue weighted by Gasteiger charge is -2.35. The molecule has 0 bridgehead atoms. The van der Waals surface area contributed by atoms with Crippen molar-refractivity contribution in [3.8, 4) is 0 Å². The van der Waals surface area contributed by atoms with Crippen LogP contribution in [0.1, 0.15) is 17.3 Å². The fraction of sp³-hybridized carbons (Fsp3) is 0.273. The number of nitrogens with one attached hydrogen (secondary N) is 1. The molecule has 0 saturated carbocycles. The Bertz CT molecular complexity index is 981. The Balaban J connectivity index is 1.64. The zero-order valence-electron chi connectivity index (χ0n) is 15.9. The lowest BCUT2D eigenvalue weighted by atomic mass is 10.1. The number of carbonyl (C=O) groups is 1. The van der Waals surface area contributed by atoms with Crippen LogP contribution >= 0.6 is 0 Å². The zero-order valence-corrected chi connectivity index (χ0v) is 15.9. The van der Waals surface area contributed by atoms with Crippen LogP contribution in [0.5, 0.6) is 0 Å². The molecule has 5 nitrogen and oxygen atoms in total. The number of hydrogen-bond donors (Lipinski definition) is 1. The van der Waals surface area contributed by atoms with Crippen molar-refractivity contribution >= 4 is 28.2 Å². The van der Waals surface area contributed by atoms with Gasteiger partial charge in [0.15, 0.2) is 0 Å². The van der Waals surface area contributed by atoms with E-state index in [0.717, 1.165) is 49.3 Å². The Morgan fingerprint density at radius 3 is 2.39 bits per heavy atom. The van der Waals surface area contributed by atoms with Crippen molar-refractivity contribution < 1.29 is 9.18 Å². The molecule has 144 valence electrons. The highest BCUT2D eigenvalue weighted by atomic mass is 19.1. The van der Waals surface area contributed by atoms with Gasteiger partial charge in [-0.15, -0.1) is 0 Å². The number of carbonyl (C=O) groups excluding carboxylic acids is 1. The minimum Gasteiger partial charge on any atom is -0.354 e. The van der Waals surface area contributed by atoms with Gasteiger partial charge in [0.05, 0.1) is 5.56 Å². The number of hydrogen-bond acceptors (Lipinski definition) is 4. The lowest BCUT2D eigenvalue weighted by molar-refractivity contribution is 0.102. The van der Waals surface area contributed by atoms with E-state index in [2.05, 4.69) is 27.0 Å². The molecule has 0 atom stereocenters. The Kier molecular flexibility index (Phi) is 5.21. The van der Waals surface area contributed by atoms with Crippen molar-refractivity contribution in [3.63, 3.8) is 0 Å². The topological polar surface area (TPSA) is 48.5 Å². The third-order valence-electron chi connectivity index (χ3n) is 5.24. The van der Waals surface area contributed by atoms with Gasteiger partial charge in [-0.2, -0.15) is 0 Å². The molecule has 3 aromatic rings. The number of benzene rings is 2.